The van der Waals surface area contributed by atoms with Crippen LogP contribution >= 0.6 is 0 Å². The minimum absolute atomic E-state index is 0.183. The number of hydrogen-bond acceptors (Lipinski definition) is 1. The maximum atomic E-state index is 12.5. The SMILES string of the molecule is C[C@H]1C[C@H](C)CN(C(=O)c2ccc(C(F)(F)F)cc2)C1. The normalized spacial score (nSPS) is 23.8. The van der Waals surface area contributed by atoms with E-state index in [1.165, 1.54) is 12.1 Å². The van der Waals surface area contributed by atoms with Crippen molar-refractivity contribution >= 4 is 5.91 Å². The molecule has 0 aliphatic carbocycles. The number of nitrogens with zero attached hydrogens (tertiary/aromatic N) is 1. The summed E-state index contributed by atoms with van der Waals surface area (Å²) in [5.41, 5.74) is -0.409. The first kappa shape index (κ1) is 14.9. The molecule has 5 heteroatoms. The molecule has 1 aliphatic rings. The Morgan fingerprint density at radius 2 is 1.60 bits per heavy atom. The maximum Gasteiger partial charge on any atom is 0.416 e. The average Bonchev–Trinajstić information content (AvgIpc) is 2.36. The summed E-state index contributed by atoms with van der Waals surface area (Å²) in [5.74, 6) is 0.673. The average molecular weight is 285 g/mol. The molecule has 1 aromatic carbocycles. The third-order valence-corrected chi connectivity index (χ3v) is 3.62. The topological polar surface area (TPSA) is 20.3 Å². The molecule has 0 saturated carbocycles. The van der Waals surface area contributed by atoms with Gasteiger partial charge in [0.15, 0.2) is 0 Å². The fourth-order valence-corrected chi connectivity index (χ4v) is 2.81. The van der Waals surface area contributed by atoms with Crippen molar-refractivity contribution in [3.05, 3.63) is 35.4 Å². The van der Waals surface area contributed by atoms with Crippen molar-refractivity contribution in [3.63, 3.8) is 0 Å². The standard InChI is InChI=1S/C15H18F3NO/c1-10-7-11(2)9-19(8-10)14(20)12-3-5-13(6-4-12)15(16,17)18/h3-6,10-11H,7-9H2,1-2H3/t10-,11-/m0/s1. The highest BCUT2D eigenvalue weighted by Gasteiger charge is 2.31. The van der Waals surface area contributed by atoms with Crippen LogP contribution in [0.5, 0.6) is 0 Å². The van der Waals surface area contributed by atoms with E-state index in [-0.39, 0.29) is 5.91 Å². The Hall–Kier alpha value is -1.52. The van der Waals surface area contributed by atoms with Crippen LogP contribution in [0, 0.1) is 11.8 Å². The Labute approximate surface area is 116 Å². The Bertz CT molecular complexity index is 471. The van der Waals surface area contributed by atoms with Crippen LogP contribution in [0.1, 0.15) is 36.2 Å². The largest absolute Gasteiger partial charge is 0.416 e. The molecule has 0 bridgehead atoms. The summed E-state index contributed by atoms with van der Waals surface area (Å²) in [7, 11) is 0. The molecule has 110 valence electrons. The molecule has 1 heterocycles. The van der Waals surface area contributed by atoms with Crippen LogP contribution in [-0.4, -0.2) is 23.9 Å². The van der Waals surface area contributed by atoms with Gasteiger partial charge >= 0.3 is 6.18 Å². The van der Waals surface area contributed by atoms with Gasteiger partial charge in [-0.15, -0.1) is 0 Å². The number of likely N-dealkylation sites (tertiary alicyclic amines) is 1. The van der Waals surface area contributed by atoms with E-state index in [2.05, 4.69) is 13.8 Å². The molecule has 2 rings (SSSR count). The van der Waals surface area contributed by atoms with E-state index in [9.17, 15) is 18.0 Å². The fraction of sp³-hybridized carbons (Fsp3) is 0.533. The molecule has 0 spiro atoms. The van der Waals surface area contributed by atoms with E-state index in [4.69, 9.17) is 0 Å². The molecule has 0 N–H and O–H groups in total. The fourth-order valence-electron chi connectivity index (χ4n) is 2.81. The monoisotopic (exact) mass is 285 g/mol. The number of alkyl halides is 3. The van der Waals surface area contributed by atoms with Gasteiger partial charge in [-0.05, 0) is 42.5 Å². The number of halogens is 3. The number of piperidine rings is 1. The summed E-state index contributed by atoms with van der Waals surface area (Å²) in [4.78, 5) is 14.0. The molecule has 1 amide bonds. The van der Waals surface area contributed by atoms with Crippen molar-refractivity contribution in [2.75, 3.05) is 13.1 Å². The predicted molar refractivity (Wildman–Crippen MR) is 70.3 cm³/mol. The molecule has 20 heavy (non-hydrogen) atoms. The van der Waals surface area contributed by atoms with Gasteiger partial charge in [-0.3, -0.25) is 4.79 Å². The van der Waals surface area contributed by atoms with Crippen LogP contribution in [0.3, 0.4) is 0 Å². The summed E-state index contributed by atoms with van der Waals surface area (Å²) in [6, 6.07) is 4.44. The molecule has 0 radical (unpaired) electrons. The zero-order valence-electron chi connectivity index (χ0n) is 11.6. The molecule has 1 fully saturated rings. The number of carbonyl (C=O) groups excluding carboxylic acids is 1. The van der Waals surface area contributed by atoms with E-state index >= 15 is 0 Å². The molecule has 0 unspecified atom stereocenters. The van der Waals surface area contributed by atoms with Crippen molar-refractivity contribution in [3.8, 4) is 0 Å². The van der Waals surface area contributed by atoms with Gasteiger partial charge < -0.3 is 4.90 Å². The molecule has 0 aromatic heterocycles. The van der Waals surface area contributed by atoms with Gasteiger partial charge in [-0.25, -0.2) is 0 Å². The van der Waals surface area contributed by atoms with Crippen molar-refractivity contribution in [1.82, 2.24) is 4.90 Å². The van der Waals surface area contributed by atoms with Crippen molar-refractivity contribution in [2.24, 2.45) is 11.8 Å². The highest BCUT2D eigenvalue weighted by molar-refractivity contribution is 5.94. The molecular formula is C15H18F3NO. The highest BCUT2D eigenvalue weighted by atomic mass is 19.4. The Morgan fingerprint density at radius 3 is 2.05 bits per heavy atom. The Kier molecular flexibility index (Phi) is 4.06. The van der Waals surface area contributed by atoms with Crippen molar-refractivity contribution < 1.29 is 18.0 Å². The molecule has 1 aliphatic heterocycles. The first-order valence-electron chi connectivity index (χ1n) is 6.74. The lowest BCUT2D eigenvalue weighted by atomic mass is 9.91. The third kappa shape index (κ3) is 3.32. The van der Waals surface area contributed by atoms with Gasteiger partial charge in [0.2, 0.25) is 0 Å². The quantitative estimate of drug-likeness (QED) is 0.768. The second kappa shape index (κ2) is 5.46. The Balaban J connectivity index is 2.13. The maximum absolute atomic E-state index is 12.5. The van der Waals surface area contributed by atoms with E-state index in [0.29, 0.717) is 30.5 Å². The molecule has 2 nitrogen and oxygen atoms in total. The highest BCUT2D eigenvalue weighted by Crippen LogP contribution is 2.29. The zero-order chi connectivity index (χ0) is 14.9. The van der Waals surface area contributed by atoms with E-state index < -0.39 is 11.7 Å². The van der Waals surface area contributed by atoms with Gasteiger partial charge in [0.25, 0.3) is 5.91 Å². The van der Waals surface area contributed by atoms with Crippen molar-refractivity contribution in [1.29, 1.82) is 0 Å². The second-order valence-electron chi connectivity index (χ2n) is 5.73. The number of hydrogen-bond donors (Lipinski definition) is 0. The van der Waals surface area contributed by atoms with Gasteiger partial charge in [-0.2, -0.15) is 13.2 Å². The third-order valence-electron chi connectivity index (χ3n) is 3.62. The van der Waals surface area contributed by atoms with Crippen LogP contribution in [0.25, 0.3) is 0 Å². The predicted octanol–water partition coefficient (Wildman–Crippen LogP) is 3.82. The molecule has 1 saturated heterocycles. The van der Waals surface area contributed by atoms with E-state index in [1.54, 1.807) is 4.90 Å². The number of benzene rings is 1. The minimum Gasteiger partial charge on any atom is -0.338 e. The van der Waals surface area contributed by atoms with Crippen LogP contribution < -0.4 is 0 Å². The first-order chi connectivity index (χ1) is 9.27. The van der Waals surface area contributed by atoms with Gasteiger partial charge in [-0.1, -0.05) is 13.8 Å². The summed E-state index contributed by atoms with van der Waals surface area (Å²) >= 11 is 0. The Morgan fingerprint density at radius 1 is 1.10 bits per heavy atom. The van der Waals surface area contributed by atoms with Gasteiger partial charge in [0.05, 0.1) is 5.56 Å². The van der Waals surface area contributed by atoms with Gasteiger partial charge in [0.1, 0.15) is 0 Å². The molecular weight excluding hydrogens is 267 g/mol. The number of carbonyl (C=O) groups is 1. The van der Waals surface area contributed by atoms with E-state index in [0.717, 1.165) is 18.6 Å². The van der Waals surface area contributed by atoms with Crippen LogP contribution in [-0.2, 0) is 6.18 Å². The number of amides is 1. The summed E-state index contributed by atoms with van der Waals surface area (Å²) in [6.45, 7) is 5.51. The summed E-state index contributed by atoms with van der Waals surface area (Å²) < 4.78 is 37.4. The summed E-state index contributed by atoms with van der Waals surface area (Å²) in [6.07, 6.45) is -3.29. The molecule has 2 atom stereocenters. The minimum atomic E-state index is -4.37. The summed E-state index contributed by atoms with van der Waals surface area (Å²) in [5, 5.41) is 0. The van der Waals surface area contributed by atoms with Crippen LogP contribution in [0.4, 0.5) is 13.2 Å². The smallest absolute Gasteiger partial charge is 0.338 e. The van der Waals surface area contributed by atoms with E-state index in [1.807, 2.05) is 0 Å². The van der Waals surface area contributed by atoms with Crippen LogP contribution in [0.15, 0.2) is 24.3 Å². The zero-order valence-corrected chi connectivity index (χ0v) is 11.6. The lowest BCUT2D eigenvalue weighted by Gasteiger charge is -2.35. The second-order valence-corrected chi connectivity index (χ2v) is 5.73. The van der Waals surface area contributed by atoms with Gasteiger partial charge in [0, 0.05) is 18.7 Å². The lowest BCUT2D eigenvalue weighted by Crippen LogP contribution is -2.42. The van der Waals surface area contributed by atoms with Crippen molar-refractivity contribution in [2.45, 2.75) is 26.4 Å². The number of rotatable bonds is 1. The lowest BCUT2D eigenvalue weighted by molar-refractivity contribution is -0.137. The van der Waals surface area contributed by atoms with Crippen LogP contribution in [0.2, 0.25) is 0 Å². The first-order valence-corrected chi connectivity index (χ1v) is 6.74. The molecule has 1 aromatic rings.